The van der Waals surface area contributed by atoms with Gasteiger partial charge >= 0.3 is 0 Å². The number of piperidine rings is 1. The van der Waals surface area contributed by atoms with E-state index >= 15 is 0 Å². The van der Waals surface area contributed by atoms with Crippen LogP contribution < -0.4 is 5.73 Å². The molecule has 1 aliphatic rings. The number of aryl methyl sites for hydroxylation is 2. The second-order valence-electron chi connectivity index (χ2n) is 6.08. The van der Waals surface area contributed by atoms with Gasteiger partial charge in [0.05, 0.1) is 6.10 Å². The average Bonchev–Trinajstić information content (AvgIpc) is 2.55. The minimum atomic E-state index is 0. The molecule has 0 aliphatic carbocycles. The number of halogens is 1. The van der Waals surface area contributed by atoms with Crippen molar-refractivity contribution in [2.24, 2.45) is 5.73 Å². The summed E-state index contributed by atoms with van der Waals surface area (Å²) in [5.41, 5.74) is 7.95. The van der Waals surface area contributed by atoms with Gasteiger partial charge in [-0.1, -0.05) is 29.8 Å². The maximum atomic E-state index is 12.3. The third-order valence-electron chi connectivity index (χ3n) is 4.24. The van der Waals surface area contributed by atoms with E-state index in [1.54, 1.807) is 0 Å². The van der Waals surface area contributed by atoms with Crippen molar-refractivity contribution in [2.45, 2.75) is 45.1 Å². The van der Waals surface area contributed by atoms with Gasteiger partial charge in [0.1, 0.15) is 0 Å². The molecule has 0 spiro atoms. The highest BCUT2D eigenvalue weighted by molar-refractivity contribution is 5.85. The summed E-state index contributed by atoms with van der Waals surface area (Å²) in [6, 6.07) is 8.42. The van der Waals surface area contributed by atoms with E-state index in [0.717, 1.165) is 45.4 Å². The van der Waals surface area contributed by atoms with E-state index in [1.807, 2.05) is 4.90 Å². The number of rotatable bonds is 7. The zero-order valence-electron chi connectivity index (χ0n) is 14.0. The molecule has 5 heteroatoms. The van der Waals surface area contributed by atoms with Gasteiger partial charge < -0.3 is 15.4 Å². The van der Waals surface area contributed by atoms with Gasteiger partial charge in [0.15, 0.2) is 0 Å². The normalized spacial score (nSPS) is 15.3. The summed E-state index contributed by atoms with van der Waals surface area (Å²) < 4.78 is 5.77. The number of amides is 1. The maximum Gasteiger partial charge on any atom is 0.222 e. The van der Waals surface area contributed by atoms with Crippen LogP contribution in [0.3, 0.4) is 0 Å². The first-order chi connectivity index (χ1) is 10.7. The van der Waals surface area contributed by atoms with E-state index in [9.17, 15) is 4.79 Å². The predicted molar refractivity (Wildman–Crippen MR) is 96.0 cm³/mol. The molecule has 23 heavy (non-hydrogen) atoms. The Kier molecular flexibility index (Phi) is 9.22. The second kappa shape index (κ2) is 10.6. The molecule has 2 rings (SSSR count). The van der Waals surface area contributed by atoms with E-state index in [2.05, 4.69) is 31.2 Å². The second-order valence-corrected chi connectivity index (χ2v) is 6.08. The molecule has 1 amide bonds. The standard InChI is InChI=1S/C18H28N2O2.ClH/c1-15-3-5-16(6-4-15)7-8-18(21)20-12-9-17(10-13-20)22-14-2-11-19;/h3-6,17H,2,7-14,19H2,1H3;1H. The lowest BCUT2D eigenvalue weighted by Gasteiger charge is -2.32. The van der Waals surface area contributed by atoms with Crippen LogP contribution in [0, 0.1) is 6.92 Å². The van der Waals surface area contributed by atoms with Crippen LogP contribution in [-0.4, -0.2) is 43.2 Å². The number of likely N-dealkylation sites (tertiary alicyclic amines) is 1. The number of hydrogen-bond donors (Lipinski definition) is 1. The quantitative estimate of drug-likeness (QED) is 0.776. The summed E-state index contributed by atoms with van der Waals surface area (Å²) in [4.78, 5) is 14.3. The Bertz CT molecular complexity index is 457. The van der Waals surface area contributed by atoms with Crippen molar-refractivity contribution in [3.05, 3.63) is 35.4 Å². The zero-order valence-corrected chi connectivity index (χ0v) is 14.8. The number of hydrogen-bond acceptors (Lipinski definition) is 3. The smallest absolute Gasteiger partial charge is 0.222 e. The van der Waals surface area contributed by atoms with Crippen LogP contribution >= 0.6 is 12.4 Å². The van der Waals surface area contributed by atoms with Crippen LogP contribution in [0.5, 0.6) is 0 Å². The van der Waals surface area contributed by atoms with E-state index in [0.29, 0.717) is 19.1 Å². The molecule has 1 aromatic carbocycles. The highest BCUT2D eigenvalue weighted by atomic mass is 35.5. The molecule has 1 saturated heterocycles. The van der Waals surface area contributed by atoms with Crippen molar-refractivity contribution < 1.29 is 9.53 Å². The molecule has 0 bridgehead atoms. The topological polar surface area (TPSA) is 55.6 Å². The van der Waals surface area contributed by atoms with Gasteiger partial charge in [-0.3, -0.25) is 4.79 Å². The Labute approximate surface area is 145 Å². The number of carbonyl (C=O) groups excluding carboxylic acids is 1. The summed E-state index contributed by atoms with van der Waals surface area (Å²) in [6.45, 7) is 5.13. The monoisotopic (exact) mass is 340 g/mol. The van der Waals surface area contributed by atoms with Crippen LogP contribution in [0.25, 0.3) is 0 Å². The lowest BCUT2D eigenvalue weighted by Crippen LogP contribution is -2.41. The van der Waals surface area contributed by atoms with Crippen LogP contribution in [0.15, 0.2) is 24.3 Å². The molecule has 1 fully saturated rings. The first-order valence-electron chi connectivity index (χ1n) is 8.34. The molecule has 0 saturated carbocycles. The Hall–Kier alpha value is -1.10. The molecule has 1 heterocycles. The predicted octanol–water partition coefficient (Wildman–Crippen LogP) is 2.71. The summed E-state index contributed by atoms with van der Waals surface area (Å²) in [7, 11) is 0. The third-order valence-corrected chi connectivity index (χ3v) is 4.24. The minimum Gasteiger partial charge on any atom is -0.378 e. The van der Waals surface area contributed by atoms with Gasteiger partial charge in [0.25, 0.3) is 0 Å². The van der Waals surface area contributed by atoms with E-state index < -0.39 is 0 Å². The Morgan fingerprint density at radius 2 is 1.91 bits per heavy atom. The van der Waals surface area contributed by atoms with Gasteiger partial charge in [0.2, 0.25) is 5.91 Å². The molecule has 0 radical (unpaired) electrons. The van der Waals surface area contributed by atoms with Crippen molar-refractivity contribution in [1.29, 1.82) is 0 Å². The molecule has 130 valence electrons. The Morgan fingerprint density at radius 1 is 1.26 bits per heavy atom. The van der Waals surface area contributed by atoms with E-state index in [1.165, 1.54) is 11.1 Å². The lowest BCUT2D eigenvalue weighted by atomic mass is 10.0. The SMILES string of the molecule is Cc1ccc(CCC(=O)N2CCC(OCCCN)CC2)cc1.Cl. The largest absolute Gasteiger partial charge is 0.378 e. The van der Waals surface area contributed by atoms with Crippen molar-refractivity contribution in [3.63, 3.8) is 0 Å². The van der Waals surface area contributed by atoms with Crippen molar-refractivity contribution in [2.75, 3.05) is 26.2 Å². The van der Waals surface area contributed by atoms with Crippen LogP contribution in [-0.2, 0) is 16.0 Å². The third kappa shape index (κ3) is 6.90. The molecule has 0 atom stereocenters. The van der Waals surface area contributed by atoms with E-state index in [4.69, 9.17) is 10.5 Å². The average molecular weight is 341 g/mol. The molecule has 4 nitrogen and oxygen atoms in total. The van der Waals surface area contributed by atoms with Crippen molar-refractivity contribution in [3.8, 4) is 0 Å². The number of ether oxygens (including phenoxy) is 1. The molecular formula is C18H29ClN2O2. The molecule has 0 aromatic heterocycles. The fourth-order valence-corrected chi connectivity index (χ4v) is 2.77. The fraction of sp³-hybridized carbons (Fsp3) is 0.611. The number of benzene rings is 1. The molecule has 1 aromatic rings. The number of nitrogens with zero attached hydrogens (tertiary/aromatic N) is 1. The van der Waals surface area contributed by atoms with Gasteiger partial charge in [-0.2, -0.15) is 0 Å². The number of carbonyl (C=O) groups is 1. The summed E-state index contributed by atoms with van der Waals surface area (Å²) >= 11 is 0. The molecule has 1 aliphatic heterocycles. The van der Waals surface area contributed by atoms with Gasteiger partial charge in [-0.15, -0.1) is 12.4 Å². The van der Waals surface area contributed by atoms with Gasteiger partial charge in [0, 0.05) is 26.1 Å². The minimum absolute atomic E-state index is 0. The first-order valence-corrected chi connectivity index (χ1v) is 8.34. The molecular weight excluding hydrogens is 312 g/mol. The van der Waals surface area contributed by atoms with Crippen molar-refractivity contribution >= 4 is 18.3 Å². The van der Waals surface area contributed by atoms with Gasteiger partial charge in [-0.05, 0) is 44.7 Å². The van der Waals surface area contributed by atoms with E-state index in [-0.39, 0.29) is 18.3 Å². The number of nitrogens with two attached hydrogens (primary N) is 1. The highest BCUT2D eigenvalue weighted by Gasteiger charge is 2.22. The van der Waals surface area contributed by atoms with Gasteiger partial charge in [-0.25, -0.2) is 0 Å². The Balaban J connectivity index is 0.00000264. The van der Waals surface area contributed by atoms with Crippen LogP contribution in [0.2, 0.25) is 0 Å². The zero-order chi connectivity index (χ0) is 15.8. The summed E-state index contributed by atoms with van der Waals surface area (Å²) in [5.74, 6) is 0.265. The summed E-state index contributed by atoms with van der Waals surface area (Å²) in [6.07, 6.45) is 4.53. The summed E-state index contributed by atoms with van der Waals surface area (Å²) in [5, 5.41) is 0. The van der Waals surface area contributed by atoms with Crippen molar-refractivity contribution in [1.82, 2.24) is 4.90 Å². The maximum absolute atomic E-state index is 12.3. The highest BCUT2D eigenvalue weighted by Crippen LogP contribution is 2.16. The Morgan fingerprint density at radius 3 is 2.52 bits per heavy atom. The van der Waals surface area contributed by atoms with Crippen LogP contribution in [0.4, 0.5) is 0 Å². The first kappa shape index (κ1) is 19.9. The molecule has 0 unspecified atom stereocenters. The van der Waals surface area contributed by atoms with Crippen LogP contribution in [0.1, 0.15) is 36.8 Å². The fourth-order valence-electron chi connectivity index (χ4n) is 2.77. The lowest BCUT2D eigenvalue weighted by molar-refractivity contribution is -0.133. The molecule has 2 N–H and O–H groups in total.